The normalized spacial score (nSPS) is 19.7. The fourth-order valence-electron chi connectivity index (χ4n) is 1.89. The van der Waals surface area contributed by atoms with E-state index in [-0.39, 0.29) is 11.9 Å². The Kier molecular flexibility index (Phi) is 5.88. The summed E-state index contributed by atoms with van der Waals surface area (Å²) in [7, 11) is 4.08. The number of hydrogen-bond donors (Lipinski definition) is 1. The van der Waals surface area contributed by atoms with Gasteiger partial charge in [-0.05, 0) is 34.0 Å². The highest BCUT2D eigenvalue weighted by Gasteiger charge is 2.19. The van der Waals surface area contributed by atoms with Crippen LogP contribution < -0.4 is 5.73 Å². The van der Waals surface area contributed by atoms with Crippen molar-refractivity contribution in [2.45, 2.75) is 19.4 Å². The maximum Gasteiger partial charge on any atom is 0.236 e. The van der Waals surface area contributed by atoms with Gasteiger partial charge in [0.2, 0.25) is 5.91 Å². The second kappa shape index (κ2) is 6.93. The topological polar surface area (TPSA) is 52.8 Å². The molecule has 1 amide bonds. The maximum atomic E-state index is 12.0. The molecular formula is C12H26N4O. The van der Waals surface area contributed by atoms with Crippen LogP contribution in [0.15, 0.2) is 0 Å². The van der Waals surface area contributed by atoms with Gasteiger partial charge in [-0.1, -0.05) is 0 Å². The van der Waals surface area contributed by atoms with E-state index in [1.807, 2.05) is 18.9 Å². The van der Waals surface area contributed by atoms with Gasteiger partial charge in [-0.25, -0.2) is 0 Å². The number of nitrogens with two attached hydrogens (primary N) is 1. The lowest BCUT2D eigenvalue weighted by molar-refractivity contribution is -0.133. The van der Waals surface area contributed by atoms with Crippen molar-refractivity contribution in [3.8, 4) is 0 Å². The summed E-state index contributed by atoms with van der Waals surface area (Å²) >= 11 is 0. The highest BCUT2D eigenvalue weighted by molar-refractivity contribution is 5.78. The Bertz CT molecular complexity index is 237. The third kappa shape index (κ3) is 5.48. The van der Waals surface area contributed by atoms with Gasteiger partial charge in [-0.3, -0.25) is 9.69 Å². The first-order valence-corrected chi connectivity index (χ1v) is 6.39. The van der Waals surface area contributed by atoms with Crippen LogP contribution in [0.2, 0.25) is 0 Å². The summed E-state index contributed by atoms with van der Waals surface area (Å²) in [5.74, 6) is 0.241. The molecule has 0 spiro atoms. The number of nitrogens with zero attached hydrogens (tertiary/aromatic N) is 3. The molecule has 17 heavy (non-hydrogen) atoms. The summed E-state index contributed by atoms with van der Waals surface area (Å²) in [5.41, 5.74) is 5.70. The fourth-order valence-corrected chi connectivity index (χ4v) is 1.89. The van der Waals surface area contributed by atoms with Crippen LogP contribution in [0.25, 0.3) is 0 Å². The first-order valence-electron chi connectivity index (χ1n) is 6.39. The quantitative estimate of drug-likeness (QED) is 0.701. The van der Waals surface area contributed by atoms with Gasteiger partial charge in [-0.15, -0.1) is 0 Å². The molecule has 0 bridgehead atoms. The fraction of sp³-hybridized carbons (Fsp3) is 0.917. The molecule has 1 aliphatic heterocycles. The van der Waals surface area contributed by atoms with Gasteiger partial charge < -0.3 is 15.5 Å². The molecule has 2 N–H and O–H groups in total. The van der Waals surface area contributed by atoms with Gasteiger partial charge in [-0.2, -0.15) is 0 Å². The zero-order valence-electron chi connectivity index (χ0n) is 11.4. The molecule has 100 valence electrons. The van der Waals surface area contributed by atoms with Crippen LogP contribution >= 0.6 is 0 Å². The summed E-state index contributed by atoms with van der Waals surface area (Å²) in [4.78, 5) is 18.3. The molecule has 1 aliphatic rings. The largest absolute Gasteiger partial charge is 0.339 e. The highest BCUT2D eigenvalue weighted by atomic mass is 16.2. The molecule has 0 aromatic heterocycles. The number of carbonyl (C=O) groups excluding carboxylic acids is 1. The van der Waals surface area contributed by atoms with Crippen molar-refractivity contribution >= 4 is 5.91 Å². The van der Waals surface area contributed by atoms with Gasteiger partial charge in [0.25, 0.3) is 0 Å². The summed E-state index contributed by atoms with van der Waals surface area (Å²) in [5, 5.41) is 0. The Hall–Kier alpha value is -0.650. The Labute approximate surface area is 105 Å². The van der Waals surface area contributed by atoms with Crippen LogP contribution in [0.1, 0.15) is 13.3 Å². The van der Waals surface area contributed by atoms with Crippen LogP contribution in [0.4, 0.5) is 0 Å². The molecule has 0 aromatic carbocycles. The van der Waals surface area contributed by atoms with E-state index in [1.54, 1.807) is 0 Å². The van der Waals surface area contributed by atoms with Gasteiger partial charge in [0, 0.05) is 32.2 Å². The molecule has 0 radical (unpaired) electrons. The minimum absolute atomic E-state index is 0.205. The number of carbonyl (C=O) groups is 1. The molecular weight excluding hydrogens is 216 g/mol. The Balaban J connectivity index is 2.23. The minimum Gasteiger partial charge on any atom is -0.339 e. The molecule has 1 saturated heterocycles. The average molecular weight is 242 g/mol. The molecule has 5 heteroatoms. The maximum absolute atomic E-state index is 12.0. The standard InChI is InChI=1S/C12H26N4O/c1-11(13)4-5-15(3)10-12(17)16-8-6-14(2)7-9-16/h11H,4-10,13H2,1-3H3. The SMILES string of the molecule is CC(N)CCN(C)CC(=O)N1CCN(C)CC1. The highest BCUT2D eigenvalue weighted by Crippen LogP contribution is 2.01. The van der Waals surface area contributed by atoms with Gasteiger partial charge in [0.05, 0.1) is 6.54 Å². The smallest absolute Gasteiger partial charge is 0.236 e. The predicted molar refractivity (Wildman–Crippen MR) is 69.8 cm³/mol. The van der Waals surface area contributed by atoms with Gasteiger partial charge >= 0.3 is 0 Å². The minimum atomic E-state index is 0.205. The van der Waals surface area contributed by atoms with Crippen molar-refractivity contribution in [1.29, 1.82) is 0 Å². The van der Waals surface area contributed by atoms with E-state index in [2.05, 4.69) is 16.8 Å². The molecule has 0 aromatic rings. The predicted octanol–water partition coefficient (Wildman–Crippen LogP) is -0.570. The van der Waals surface area contributed by atoms with Crippen LogP contribution in [0.5, 0.6) is 0 Å². The summed E-state index contributed by atoms with van der Waals surface area (Å²) in [6.07, 6.45) is 0.937. The number of hydrogen-bond acceptors (Lipinski definition) is 4. The zero-order chi connectivity index (χ0) is 12.8. The third-order valence-corrected chi connectivity index (χ3v) is 3.23. The van der Waals surface area contributed by atoms with E-state index in [0.717, 1.165) is 39.1 Å². The van der Waals surface area contributed by atoms with Crippen LogP contribution in [0, 0.1) is 0 Å². The summed E-state index contributed by atoms with van der Waals surface area (Å²) in [6, 6.07) is 0.205. The molecule has 1 atom stereocenters. The zero-order valence-corrected chi connectivity index (χ0v) is 11.4. The van der Waals surface area contributed by atoms with E-state index in [0.29, 0.717) is 6.54 Å². The second-order valence-electron chi connectivity index (χ2n) is 5.19. The number of likely N-dealkylation sites (N-methyl/N-ethyl adjacent to an activating group) is 2. The van der Waals surface area contributed by atoms with Gasteiger partial charge in [0.15, 0.2) is 0 Å². The molecule has 1 unspecified atom stereocenters. The number of rotatable bonds is 5. The van der Waals surface area contributed by atoms with Crippen molar-refractivity contribution < 1.29 is 4.79 Å². The van der Waals surface area contributed by atoms with E-state index in [4.69, 9.17) is 5.73 Å². The van der Waals surface area contributed by atoms with E-state index < -0.39 is 0 Å². The van der Waals surface area contributed by atoms with Crippen molar-refractivity contribution in [1.82, 2.24) is 14.7 Å². The van der Waals surface area contributed by atoms with Crippen molar-refractivity contribution in [2.24, 2.45) is 5.73 Å². The van der Waals surface area contributed by atoms with Crippen molar-refractivity contribution in [3.63, 3.8) is 0 Å². The lowest BCUT2D eigenvalue weighted by Crippen LogP contribution is -2.49. The molecule has 1 rings (SSSR count). The molecule has 1 fully saturated rings. The van der Waals surface area contributed by atoms with Crippen LogP contribution in [-0.4, -0.2) is 80.0 Å². The molecule has 0 aliphatic carbocycles. The first-order chi connectivity index (χ1) is 7.99. The van der Waals surface area contributed by atoms with E-state index in [9.17, 15) is 4.79 Å². The second-order valence-corrected chi connectivity index (χ2v) is 5.19. The Morgan fingerprint density at radius 1 is 1.35 bits per heavy atom. The number of amides is 1. The van der Waals surface area contributed by atoms with Gasteiger partial charge in [0.1, 0.15) is 0 Å². The third-order valence-electron chi connectivity index (χ3n) is 3.23. The van der Waals surface area contributed by atoms with Crippen molar-refractivity contribution in [3.05, 3.63) is 0 Å². The lowest BCUT2D eigenvalue weighted by atomic mass is 10.2. The van der Waals surface area contributed by atoms with Crippen LogP contribution in [0.3, 0.4) is 0 Å². The summed E-state index contributed by atoms with van der Waals surface area (Å²) in [6.45, 7) is 7.07. The van der Waals surface area contributed by atoms with Crippen molar-refractivity contribution in [2.75, 3.05) is 53.4 Å². The van der Waals surface area contributed by atoms with Crippen LogP contribution in [-0.2, 0) is 4.79 Å². The molecule has 1 heterocycles. The number of piperazine rings is 1. The Morgan fingerprint density at radius 3 is 2.47 bits per heavy atom. The monoisotopic (exact) mass is 242 g/mol. The van der Waals surface area contributed by atoms with E-state index in [1.165, 1.54) is 0 Å². The first kappa shape index (κ1) is 14.4. The molecule has 5 nitrogen and oxygen atoms in total. The van der Waals surface area contributed by atoms with E-state index >= 15 is 0 Å². The lowest BCUT2D eigenvalue weighted by Gasteiger charge is -2.33. The average Bonchev–Trinajstić information content (AvgIpc) is 2.27. The molecule has 0 saturated carbocycles. The Morgan fingerprint density at radius 2 is 1.94 bits per heavy atom. The summed E-state index contributed by atoms with van der Waals surface area (Å²) < 4.78 is 0.